The van der Waals surface area contributed by atoms with E-state index in [0.29, 0.717) is 25.9 Å². The Kier molecular flexibility index (Phi) is 4.16. The van der Waals surface area contributed by atoms with Crippen molar-refractivity contribution in [3.8, 4) is 0 Å². The first-order chi connectivity index (χ1) is 7.59. The maximum Gasteiger partial charge on any atom is 0.242 e. The van der Waals surface area contributed by atoms with Crippen LogP contribution in [0.4, 0.5) is 0 Å². The van der Waals surface area contributed by atoms with Crippen LogP contribution in [0, 0.1) is 0 Å². The summed E-state index contributed by atoms with van der Waals surface area (Å²) in [5.41, 5.74) is 4.88. The highest BCUT2D eigenvalue weighted by molar-refractivity contribution is 7.88. The lowest BCUT2D eigenvalue weighted by atomic mass is 10.0. The molecule has 0 unspecified atom stereocenters. The van der Waals surface area contributed by atoms with Crippen molar-refractivity contribution < 1.29 is 13.2 Å². The Bertz CT molecular complexity index is 378. The van der Waals surface area contributed by atoms with Crippen molar-refractivity contribution in [1.82, 2.24) is 9.62 Å². The molecule has 0 spiro atoms. The van der Waals surface area contributed by atoms with Gasteiger partial charge >= 0.3 is 0 Å². The molecule has 1 heterocycles. The second-order valence-corrected chi connectivity index (χ2v) is 6.96. The second-order valence-electron chi connectivity index (χ2n) is 5.18. The van der Waals surface area contributed by atoms with Crippen LogP contribution in [0.5, 0.6) is 0 Å². The summed E-state index contributed by atoms with van der Waals surface area (Å²) in [6.45, 7) is 4.45. The molecule has 0 aromatic rings. The molecule has 0 bridgehead atoms. The van der Waals surface area contributed by atoms with E-state index >= 15 is 0 Å². The molecule has 1 aliphatic rings. The Labute approximate surface area is 103 Å². The third-order valence-corrected chi connectivity index (χ3v) is 3.48. The van der Waals surface area contributed by atoms with Gasteiger partial charge in [0.1, 0.15) is 0 Å². The molecule has 1 rings (SSSR count). The van der Waals surface area contributed by atoms with Crippen molar-refractivity contribution in [3.05, 3.63) is 0 Å². The molecule has 0 radical (unpaired) electrons. The summed E-state index contributed by atoms with van der Waals surface area (Å²) in [4.78, 5) is 13.6. The number of piperidine rings is 1. The number of carbonyl (C=O) groups excluding carboxylic acids is 1. The van der Waals surface area contributed by atoms with Gasteiger partial charge in [-0.25, -0.2) is 13.1 Å². The highest BCUT2D eigenvalue weighted by Crippen LogP contribution is 2.14. The number of hydrogen-bond donors (Lipinski definition) is 2. The number of carbonyl (C=O) groups is 1. The molecule has 1 amide bonds. The summed E-state index contributed by atoms with van der Waals surface area (Å²) < 4.78 is 24.7. The predicted octanol–water partition coefficient (Wildman–Crippen LogP) is -0.736. The normalized spacial score (nSPS) is 19.4. The van der Waals surface area contributed by atoms with Gasteiger partial charge in [0, 0.05) is 19.1 Å². The first-order valence-electron chi connectivity index (χ1n) is 5.65. The lowest BCUT2D eigenvalue weighted by molar-refractivity contribution is -0.136. The fraction of sp³-hybridized carbons (Fsp3) is 0.900. The van der Waals surface area contributed by atoms with Gasteiger partial charge in [-0.15, -0.1) is 0 Å². The summed E-state index contributed by atoms with van der Waals surface area (Å²) in [7, 11) is -3.17. The fourth-order valence-corrected chi connectivity index (χ4v) is 2.75. The third kappa shape index (κ3) is 4.61. The standard InChI is InChI=1S/C10H21N3O3S/c1-10(2,11)9(14)13-6-4-8(5-7-13)12-17(3,15)16/h8,12H,4-7,11H2,1-3H3. The molecular formula is C10H21N3O3S. The van der Waals surface area contributed by atoms with Gasteiger partial charge in [0.05, 0.1) is 11.8 Å². The number of hydrogen-bond acceptors (Lipinski definition) is 4. The van der Waals surface area contributed by atoms with Gasteiger partial charge in [-0.1, -0.05) is 0 Å². The molecule has 0 aromatic carbocycles. The molecule has 7 heteroatoms. The van der Waals surface area contributed by atoms with E-state index in [1.807, 2.05) is 0 Å². The number of nitrogens with zero attached hydrogens (tertiary/aromatic N) is 1. The van der Waals surface area contributed by atoms with Gasteiger partial charge in [0.25, 0.3) is 0 Å². The van der Waals surface area contributed by atoms with E-state index in [0.717, 1.165) is 6.26 Å². The number of nitrogens with one attached hydrogen (secondary N) is 1. The summed E-state index contributed by atoms with van der Waals surface area (Å²) >= 11 is 0. The van der Waals surface area contributed by atoms with E-state index in [9.17, 15) is 13.2 Å². The molecule has 100 valence electrons. The van der Waals surface area contributed by atoms with Gasteiger partial charge in [0.15, 0.2) is 0 Å². The van der Waals surface area contributed by atoms with Crippen LogP contribution in [0.1, 0.15) is 26.7 Å². The Morgan fingerprint density at radius 2 is 1.82 bits per heavy atom. The molecule has 0 atom stereocenters. The third-order valence-electron chi connectivity index (χ3n) is 2.71. The zero-order chi connectivity index (χ0) is 13.3. The number of rotatable bonds is 3. The van der Waals surface area contributed by atoms with Crippen LogP contribution in [0.2, 0.25) is 0 Å². The van der Waals surface area contributed by atoms with E-state index < -0.39 is 15.6 Å². The van der Waals surface area contributed by atoms with E-state index in [1.165, 1.54) is 0 Å². The van der Waals surface area contributed by atoms with Gasteiger partial charge in [0.2, 0.25) is 15.9 Å². The monoisotopic (exact) mass is 263 g/mol. The largest absolute Gasteiger partial charge is 0.341 e. The average molecular weight is 263 g/mol. The molecule has 3 N–H and O–H groups in total. The van der Waals surface area contributed by atoms with Gasteiger partial charge in [-0.3, -0.25) is 4.79 Å². The van der Waals surface area contributed by atoms with Crippen LogP contribution < -0.4 is 10.5 Å². The first kappa shape index (κ1) is 14.4. The van der Waals surface area contributed by atoms with Crippen molar-refractivity contribution in [2.45, 2.75) is 38.3 Å². The quantitative estimate of drug-likeness (QED) is 0.701. The summed E-state index contributed by atoms with van der Waals surface area (Å²) in [5, 5.41) is 0. The van der Waals surface area contributed by atoms with Crippen molar-refractivity contribution in [2.24, 2.45) is 5.73 Å². The molecule has 1 aliphatic heterocycles. The van der Waals surface area contributed by atoms with Gasteiger partial charge < -0.3 is 10.6 Å². The van der Waals surface area contributed by atoms with Crippen LogP contribution in [0.3, 0.4) is 0 Å². The Balaban J connectivity index is 2.49. The maximum absolute atomic E-state index is 11.9. The van der Waals surface area contributed by atoms with E-state index in [2.05, 4.69) is 4.72 Å². The highest BCUT2D eigenvalue weighted by atomic mass is 32.2. The zero-order valence-corrected chi connectivity index (χ0v) is 11.4. The molecule has 1 fully saturated rings. The van der Waals surface area contributed by atoms with Crippen molar-refractivity contribution in [1.29, 1.82) is 0 Å². The van der Waals surface area contributed by atoms with Crippen LogP contribution in [0.15, 0.2) is 0 Å². The van der Waals surface area contributed by atoms with Crippen LogP contribution in [0.25, 0.3) is 0 Å². The van der Waals surface area contributed by atoms with Crippen molar-refractivity contribution >= 4 is 15.9 Å². The summed E-state index contributed by atoms with van der Waals surface area (Å²) in [6, 6.07) is -0.0741. The summed E-state index contributed by atoms with van der Waals surface area (Å²) in [6.07, 6.45) is 2.41. The Morgan fingerprint density at radius 1 is 1.35 bits per heavy atom. The minimum Gasteiger partial charge on any atom is -0.341 e. The SMILES string of the molecule is CC(C)(N)C(=O)N1CCC(NS(C)(=O)=O)CC1. The molecule has 17 heavy (non-hydrogen) atoms. The Hall–Kier alpha value is -0.660. The van der Waals surface area contributed by atoms with Crippen molar-refractivity contribution in [3.63, 3.8) is 0 Å². The Morgan fingerprint density at radius 3 is 2.18 bits per heavy atom. The van der Waals surface area contributed by atoms with E-state index in [-0.39, 0.29) is 11.9 Å². The minimum absolute atomic E-state index is 0.0741. The first-order valence-corrected chi connectivity index (χ1v) is 7.54. The smallest absolute Gasteiger partial charge is 0.242 e. The molecule has 1 saturated heterocycles. The molecule has 0 aliphatic carbocycles. The highest BCUT2D eigenvalue weighted by Gasteiger charge is 2.31. The second kappa shape index (κ2) is 4.91. The van der Waals surface area contributed by atoms with Crippen molar-refractivity contribution in [2.75, 3.05) is 19.3 Å². The van der Waals surface area contributed by atoms with Crippen LogP contribution in [-0.2, 0) is 14.8 Å². The fourth-order valence-electron chi connectivity index (χ4n) is 1.91. The number of amides is 1. The lowest BCUT2D eigenvalue weighted by Gasteiger charge is -2.35. The number of sulfonamides is 1. The topological polar surface area (TPSA) is 92.5 Å². The molecule has 0 aromatic heterocycles. The molecular weight excluding hydrogens is 242 g/mol. The summed E-state index contributed by atoms with van der Waals surface area (Å²) in [5.74, 6) is -0.0877. The van der Waals surface area contributed by atoms with E-state index in [4.69, 9.17) is 5.73 Å². The molecule has 6 nitrogen and oxygen atoms in total. The van der Waals surface area contributed by atoms with Gasteiger partial charge in [-0.2, -0.15) is 0 Å². The van der Waals surface area contributed by atoms with Gasteiger partial charge in [-0.05, 0) is 26.7 Å². The van der Waals surface area contributed by atoms with Crippen LogP contribution in [-0.4, -0.2) is 50.2 Å². The van der Waals surface area contributed by atoms with Crippen LogP contribution >= 0.6 is 0 Å². The van der Waals surface area contributed by atoms with E-state index in [1.54, 1.807) is 18.7 Å². The number of likely N-dealkylation sites (tertiary alicyclic amines) is 1. The molecule has 0 saturated carbocycles. The predicted molar refractivity (Wildman–Crippen MR) is 65.8 cm³/mol. The minimum atomic E-state index is -3.17. The average Bonchev–Trinajstić information content (AvgIpc) is 2.14. The number of nitrogens with two attached hydrogens (primary N) is 1. The maximum atomic E-state index is 11.9. The lowest BCUT2D eigenvalue weighted by Crippen LogP contribution is -2.55. The zero-order valence-electron chi connectivity index (χ0n) is 10.6.